The number of halogens is 1. The third-order valence-electron chi connectivity index (χ3n) is 3.87. The Bertz CT molecular complexity index is 384. The van der Waals surface area contributed by atoms with Crippen LogP contribution in [0.25, 0.3) is 0 Å². The number of piperidine rings is 1. The lowest BCUT2D eigenvalue weighted by atomic mass is 9.80. The molecule has 1 saturated heterocycles. The second-order valence-electron chi connectivity index (χ2n) is 5.16. The zero-order chi connectivity index (χ0) is 13.1. The molecule has 0 bridgehead atoms. The molecule has 0 spiro atoms. The van der Waals surface area contributed by atoms with Gasteiger partial charge in [0.25, 0.3) is 0 Å². The molecule has 0 radical (unpaired) electrons. The maximum Gasteiger partial charge on any atom is 0.225 e. The van der Waals surface area contributed by atoms with E-state index >= 15 is 0 Å². The number of rotatable bonds is 3. The third kappa shape index (κ3) is 2.93. The summed E-state index contributed by atoms with van der Waals surface area (Å²) in [6.07, 6.45) is 3.30. The predicted octanol–water partition coefficient (Wildman–Crippen LogP) is 2.48. The summed E-state index contributed by atoms with van der Waals surface area (Å²) in [5, 5.41) is 0.575. The Morgan fingerprint density at radius 1 is 1.33 bits per heavy atom. The molecule has 1 fully saturated rings. The number of hydrogen-bond acceptors (Lipinski definition) is 4. The summed E-state index contributed by atoms with van der Waals surface area (Å²) in [6, 6.07) is 0. The molecule has 3 unspecified atom stereocenters. The maximum atomic E-state index is 5.82. The van der Waals surface area contributed by atoms with Crippen molar-refractivity contribution in [1.82, 2.24) is 9.97 Å². The highest BCUT2D eigenvalue weighted by Gasteiger charge is 2.32. The van der Waals surface area contributed by atoms with E-state index in [9.17, 15) is 0 Å². The van der Waals surface area contributed by atoms with Crippen molar-refractivity contribution in [2.45, 2.75) is 13.8 Å². The van der Waals surface area contributed by atoms with E-state index in [1.165, 1.54) is 0 Å². The molecule has 18 heavy (non-hydrogen) atoms. The molecule has 100 valence electrons. The quantitative estimate of drug-likeness (QED) is 0.845. The lowest BCUT2D eigenvalue weighted by molar-refractivity contribution is 0.0953. The van der Waals surface area contributed by atoms with Crippen LogP contribution in [0.5, 0.6) is 0 Å². The number of anilines is 1. The van der Waals surface area contributed by atoms with Gasteiger partial charge in [-0.3, -0.25) is 0 Å². The monoisotopic (exact) mass is 269 g/mol. The van der Waals surface area contributed by atoms with Crippen molar-refractivity contribution in [3.8, 4) is 0 Å². The minimum Gasteiger partial charge on any atom is -0.384 e. The molecule has 2 rings (SSSR count). The first-order valence-electron chi connectivity index (χ1n) is 6.33. The number of methoxy groups -OCH3 is 1. The second kappa shape index (κ2) is 5.85. The van der Waals surface area contributed by atoms with Gasteiger partial charge in [0, 0.05) is 26.1 Å². The first kappa shape index (κ1) is 13.6. The largest absolute Gasteiger partial charge is 0.384 e. The van der Waals surface area contributed by atoms with E-state index in [4.69, 9.17) is 16.3 Å². The van der Waals surface area contributed by atoms with Crippen LogP contribution in [0.3, 0.4) is 0 Å². The van der Waals surface area contributed by atoms with Crippen molar-refractivity contribution < 1.29 is 4.74 Å². The van der Waals surface area contributed by atoms with Crippen LogP contribution in [-0.2, 0) is 4.74 Å². The van der Waals surface area contributed by atoms with E-state index in [2.05, 4.69) is 28.7 Å². The van der Waals surface area contributed by atoms with Gasteiger partial charge in [-0.2, -0.15) is 0 Å². The SMILES string of the molecule is COCC1CN(c2ncc(Cl)cn2)CC(C)C1C. The third-order valence-corrected chi connectivity index (χ3v) is 4.07. The second-order valence-corrected chi connectivity index (χ2v) is 5.59. The summed E-state index contributed by atoms with van der Waals surface area (Å²) in [7, 11) is 1.76. The van der Waals surface area contributed by atoms with Crippen LogP contribution in [0.2, 0.25) is 5.02 Å². The van der Waals surface area contributed by atoms with Crippen LogP contribution in [0.15, 0.2) is 12.4 Å². The van der Waals surface area contributed by atoms with E-state index in [1.807, 2.05) is 0 Å². The van der Waals surface area contributed by atoms with Gasteiger partial charge in [0.15, 0.2) is 0 Å². The number of nitrogens with zero attached hydrogens (tertiary/aromatic N) is 3. The molecule has 0 N–H and O–H groups in total. The van der Waals surface area contributed by atoms with Crippen LogP contribution in [0, 0.1) is 17.8 Å². The van der Waals surface area contributed by atoms with Crippen molar-refractivity contribution in [2.75, 3.05) is 31.7 Å². The van der Waals surface area contributed by atoms with Gasteiger partial charge in [-0.1, -0.05) is 25.4 Å². The molecular formula is C13H20ClN3O. The minimum atomic E-state index is 0.526. The molecule has 3 atom stereocenters. The van der Waals surface area contributed by atoms with Crippen LogP contribution in [0.1, 0.15) is 13.8 Å². The Morgan fingerprint density at radius 2 is 2.00 bits per heavy atom. The highest BCUT2D eigenvalue weighted by Crippen LogP contribution is 2.30. The first-order chi connectivity index (χ1) is 8.61. The van der Waals surface area contributed by atoms with Crippen LogP contribution < -0.4 is 4.90 Å². The molecule has 1 aliphatic rings. The van der Waals surface area contributed by atoms with Crippen LogP contribution in [-0.4, -0.2) is 36.8 Å². The number of aromatic nitrogens is 2. The first-order valence-corrected chi connectivity index (χ1v) is 6.71. The van der Waals surface area contributed by atoms with E-state index in [0.29, 0.717) is 22.8 Å². The van der Waals surface area contributed by atoms with Gasteiger partial charge in [-0.05, 0) is 11.8 Å². The van der Waals surface area contributed by atoms with Crippen molar-refractivity contribution in [3.63, 3.8) is 0 Å². The lowest BCUT2D eigenvalue weighted by Gasteiger charge is -2.41. The van der Waals surface area contributed by atoms with Gasteiger partial charge in [0.1, 0.15) is 0 Å². The normalized spacial score (nSPS) is 28.4. The fraction of sp³-hybridized carbons (Fsp3) is 0.692. The van der Waals surface area contributed by atoms with E-state index in [-0.39, 0.29) is 0 Å². The summed E-state index contributed by atoms with van der Waals surface area (Å²) in [5.74, 6) is 2.56. The summed E-state index contributed by atoms with van der Waals surface area (Å²) in [5.41, 5.74) is 0. The maximum absolute atomic E-state index is 5.82. The summed E-state index contributed by atoms with van der Waals surface area (Å²) in [4.78, 5) is 10.8. The Labute approximate surface area is 113 Å². The van der Waals surface area contributed by atoms with Gasteiger partial charge in [0.2, 0.25) is 5.95 Å². The Balaban J connectivity index is 2.12. The fourth-order valence-corrected chi connectivity index (χ4v) is 2.65. The van der Waals surface area contributed by atoms with E-state index in [1.54, 1.807) is 19.5 Å². The Morgan fingerprint density at radius 3 is 2.61 bits per heavy atom. The van der Waals surface area contributed by atoms with Crippen LogP contribution in [0.4, 0.5) is 5.95 Å². The van der Waals surface area contributed by atoms with Gasteiger partial charge in [-0.25, -0.2) is 9.97 Å². The molecule has 1 aromatic heterocycles. The summed E-state index contributed by atoms with van der Waals surface area (Å²) in [6.45, 7) is 7.30. The number of hydrogen-bond donors (Lipinski definition) is 0. The molecule has 1 aliphatic heterocycles. The minimum absolute atomic E-state index is 0.526. The molecule has 4 nitrogen and oxygen atoms in total. The predicted molar refractivity (Wildman–Crippen MR) is 72.9 cm³/mol. The molecule has 5 heteroatoms. The molecule has 1 aromatic rings. The highest BCUT2D eigenvalue weighted by molar-refractivity contribution is 6.30. The molecule has 0 aliphatic carbocycles. The van der Waals surface area contributed by atoms with Gasteiger partial charge >= 0.3 is 0 Å². The molecule has 0 amide bonds. The Kier molecular flexibility index (Phi) is 4.40. The summed E-state index contributed by atoms with van der Waals surface area (Å²) < 4.78 is 5.31. The van der Waals surface area contributed by atoms with Gasteiger partial charge in [-0.15, -0.1) is 0 Å². The standard InChI is InChI=1S/C13H20ClN3O/c1-9-6-17(7-11(8-18-3)10(9)2)13-15-4-12(14)5-16-13/h4-5,9-11H,6-8H2,1-3H3. The van der Waals surface area contributed by atoms with Crippen molar-refractivity contribution in [2.24, 2.45) is 17.8 Å². The zero-order valence-electron chi connectivity index (χ0n) is 11.1. The number of ether oxygens (including phenoxy) is 1. The molecule has 0 saturated carbocycles. The molecular weight excluding hydrogens is 250 g/mol. The van der Waals surface area contributed by atoms with Crippen molar-refractivity contribution in [3.05, 3.63) is 17.4 Å². The lowest BCUT2D eigenvalue weighted by Crippen LogP contribution is -2.46. The molecule has 0 aromatic carbocycles. The van der Waals surface area contributed by atoms with Crippen molar-refractivity contribution in [1.29, 1.82) is 0 Å². The van der Waals surface area contributed by atoms with Crippen LogP contribution >= 0.6 is 11.6 Å². The Hall–Kier alpha value is -0.870. The fourth-order valence-electron chi connectivity index (χ4n) is 2.55. The zero-order valence-corrected chi connectivity index (χ0v) is 11.9. The topological polar surface area (TPSA) is 38.2 Å². The van der Waals surface area contributed by atoms with E-state index < -0.39 is 0 Å². The smallest absolute Gasteiger partial charge is 0.225 e. The average molecular weight is 270 g/mol. The van der Waals surface area contributed by atoms with Gasteiger partial charge in [0.05, 0.1) is 24.0 Å². The van der Waals surface area contributed by atoms with Crippen molar-refractivity contribution >= 4 is 17.5 Å². The molecule has 2 heterocycles. The highest BCUT2D eigenvalue weighted by atomic mass is 35.5. The van der Waals surface area contributed by atoms with E-state index in [0.717, 1.165) is 25.6 Å². The summed E-state index contributed by atoms with van der Waals surface area (Å²) >= 11 is 5.82. The average Bonchev–Trinajstić information content (AvgIpc) is 2.36. The van der Waals surface area contributed by atoms with Gasteiger partial charge < -0.3 is 9.64 Å².